The second kappa shape index (κ2) is 9.38. The highest BCUT2D eigenvalue weighted by Gasteiger charge is 2.17. The van der Waals surface area contributed by atoms with Gasteiger partial charge in [-0.25, -0.2) is 4.68 Å². The zero-order valence-corrected chi connectivity index (χ0v) is 19.3. The number of carbonyl (C=O) groups excluding carboxylic acids is 1. The van der Waals surface area contributed by atoms with E-state index in [1.165, 1.54) is 0 Å². The van der Waals surface area contributed by atoms with Crippen molar-refractivity contribution in [3.8, 4) is 28.1 Å². The molecule has 0 aliphatic heterocycles. The lowest BCUT2D eigenvalue weighted by molar-refractivity contribution is 0.102. The van der Waals surface area contributed by atoms with Crippen molar-refractivity contribution in [2.75, 3.05) is 5.32 Å². The molecule has 0 atom stereocenters. The van der Waals surface area contributed by atoms with Crippen LogP contribution in [0.2, 0.25) is 5.02 Å². The van der Waals surface area contributed by atoms with E-state index in [-0.39, 0.29) is 5.91 Å². The van der Waals surface area contributed by atoms with Gasteiger partial charge < -0.3 is 5.32 Å². The minimum Gasteiger partial charge on any atom is -0.321 e. The first-order valence-electron chi connectivity index (χ1n) is 11.0. The Kier molecular flexibility index (Phi) is 5.98. The number of halogens is 1. The number of nitrogens with one attached hydrogen (secondary N) is 1. The summed E-state index contributed by atoms with van der Waals surface area (Å²) in [6.45, 7) is 2.04. The normalized spacial score (nSPS) is 10.8. The fourth-order valence-corrected chi connectivity index (χ4v) is 3.90. The number of hydrogen-bond acceptors (Lipinski definition) is 2. The van der Waals surface area contributed by atoms with Gasteiger partial charge in [-0.05, 0) is 60.5 Å². The van der Waals surface area contributed by atoms with Crippen molar-refractivity contribution in [1.29, 1.82) is 0 Å². The second-order valence-electron chi connectivity index (χ2n) is 8.07. The molecule has 1 aromatic heterocycles. The summed E-state index contributed by atoms with van der Waals surface area (Å²) in [6.07, 6.45) is 0. The van der Waals surface area contributed by atoms with Crippen LogP contribution in [0, 0.1) is 6.92 Å². The second-order valence-corrected chi connectivity index (χ2v) is 8.50. The highest BCUT2D eigenvalue weighted by molar-refractivity contribution is 6.30. The van der Waals surface area contributed by atoms with E-state index in [1.807, 2.05) is 60.1 Å². The van der Waals surface area contributed by atoms with Gasteiger partial charge >= 0.3 is 0 Å². The smallest absolute Gasteiger partial charge is 0.276 e. The first-order chi connectivity index (χ1) is 16.6. The van der Waals surface area contributed by atoms with Crippen molar-refractivity contribution in [2.24, 2.45) is 0 Å². The molecule has 0 unspecified atom stereocenters. The molecule has 0 spiro atoms. The summed E-state index contributed by atoms with van der Waals surface area (Å²) in [5, 5.41) is 8.17. The van der Waals surface area contributed by atoms with E-state index < -0.39 is 0 Å². The van der Waals surface area contributed by atoms with E-state index in [4.69, 9.17) is 11.6 Å². The summed E-state index contributed by atoms with van der Waals surface area (Å²) in [5.41, 5.74) is 7.13. The third kappa shape index (κ3) is 4.63. The van der Waals surface area contributed by atoms with E-state index in [9.17, 15) is 4.79 Å². The molecule has 0 radical (unpaired) electrons. The number of aromatic nitrogens is 2. The van der Waals surface area contributed by atoms with Crippen LogP contribution >= 0.6 is 11.6 Å². The molecule has 1 N–H and O–H groups in total. The highest BCUT2D eigenvalue weighted by Crippen LogP contribution is 2.28. The van der Waals surface area contributed by atoms with Gasteiger partial charge in [-0.15, -0.1) is 0 Å². The molecule has 4 nitrogen and oxygen atoms in total. The Morgan fingerprint density at radius 3 is 2.06 bits per heavy atom. The van der Waals surface area contributed by atoms with E-state index in [1.54, 1.807) is 24.3 Å². The summed E-state index contributed by atoms with van der Waals surface area (Å²) in [4.78, 5) is 13.0. The summed E-state index contributed by atoms with van der Waals surface area (Å²) in [5.74, 6) is -0.282. The monoisotopic (exact) mass is 463 g/mol. The minimum atomic E-state index is -0.282. The summed E-state index contributed by atoms with van der Waals surface area (Å²) >= 11 is 5.96. The van der Waals surface area contributed by atoms with Gasteiger partial charge in [-0.1, -0.05) is 83.9 Å². The van der Waals surface area contributed by atoms with Gasteiger partial charge in [0.05, 0.1) is 11.4 Å². The SMILES string of the molecule is Cc1ccc(-n2nc(C(=O)Nc3ccc(Cl)cc3)cc2-c2ccc(-c3ccccc3)cc2)cc1. The fraction of sp³-hybridized carbons (Fsp3) is 0.0345. The Hall–Kier alpha value is -4.15. The van der Waals surface area contributed by atoms with Crippen LogP contribution in [0.3, 0.4) is 0 Å². The fourth-order valence-electron chi connectivity index (χ4n) is 3.77. The third-order valence-corrected chi connectivity index (χ3v) is 5.86. The number of carbonyl (C=O) groups is 1. The lowest BCUT2D eigenvalue weighted by Gasteiger charge is -2.09. The molecule has 1 amide bonds. The van der Waals surface area contributed by atoms with E-state index in [0.29, 0.717) is 16.4 Å². The van der Waals surface area contributed by atoms with Crippen molar-refractivity contribution in [1.82, 2.24) is 9.78 Å². The maximum Gasteiger partial charge on any atom is 0.276 e. The molecule has 5 heteroatoms. The van der Waals surface area contributed by atoms with Crippen LogP contribution in [0.25, 0.3) is 28.1 Å². The van der Waals surface area contributed by atoms with Gasteiger partial charge in [-0.2, -0.15) is 5.10 Å². The molecule has 5 rings (SSSR count). The average molecular weight is 464 g/mol. The topological polar surface area (TPSA) is 46.9 Å². The maximum atomic E-state index is 13.0. The van der Waals surface area contributed by atoms with Crippen LogP contribution in [-0.4, -0.2) is 15.7 Å². The first-order valence-corrected chi connectivity index (χ1v) is 11.3. The van der Waals surface area contributed by atoms with Gasteiger partial charge in [0.2, 0.25) is 0 Å². The molecule has 0 aliphatic rings. The third-order valence-electron chi connectivity index (χ3n) is 5.61. The quantitative estimate of drug-likeness (QED) is 0.294. The van der Waals surface area contributed by atoms with Crippen molar-refractivity contribution in [3.05, 3.63) is 125 Å². The van der Waals surface area contributed by atoms with Crippen LogP contribution < -0.4 is 5.32 Å². The van der Waals surface area contributed by atoms with Gasteiger partial charge in [-0.3, -0.25) is 4.79 Å². The number of rotatable bonds is 5. The highest BCUT2D eigenvalue weighted by atomic mass is 35.5. The number of hydrogen-bond donors (Lipinski definition) is 1. The molecule has 1 heterocycles. The zero-order valence-electron chi connectivity index (χ0n) is 18.6. The Labute approximate surface area is 203 Å². The molecule has 0 saturated heterocycles. The zero-order chi connectivity index (χ0) is 23.5. The van der Waals surface area contributed by atoms with E-state index in [0.717, 1.165) is 33.6 Å². The van der Waals surface area contributed by atoms with Gasteiger partial charge in [0, 0.05) is 16.3 Å². The van der Waals surface area contributed by atoms with Gasteiger partial charge in [0.1, 0.15) is 0 Å². The van der Waals surface area contributed by atoms with E-state index in [2.05, 4.69) is 46.8 Å². The van der Waals surface area contributed by atoms with Crippen LogP contribution in [0.15, 0.2) is 109 Å². The Morgan fingerprint density at radius 2 is 1.38 bits per heavy atom. The number of aryl methyl sites for hydroxylation is 1. The van der Waals surface area contributed by atoms with Crippen molar-refractivity contribution in [3.63, 3.8) is 0 Å². The lowest BCUT2D eigenvalue weighted by Crippen LogP contribution is -2.13. The van der Waals surface area contributed by atoms with Gasteiger partial charge in [0.25, 0.3) is 5.91 Å². The molecule has 0 fully saturated rings. The lowest BCUT2D eigenvalue weighted by atomic mass is 10.0. The predicted molar refractivity (Wildman–Crippen MR) is 139 cm³/mol. The van der Waals surface area contributed by atoms with Crippen LogP contribution in [0.1, 0.15) is 16.1 Å². The molecule has 0 aliphatic carbocycles. The Balaban J connectivity index is 1.52. The van der Waals surface area contributed by atoms with Crippen molar-refractivity contribution >= 4 is 23.2 Å². The van der Waals surface area contributed by atoms with Crippen LogP contribution in [0.4, 0.5) is 5.69 Å². The number of anilines is 1. The largest absolute Gasteiger partial charge is 0.321 e. The van der Waals surface area contributed by atoms with E-state index >= 15 is 0 Å². The number of nitrogens with zero attached hydrogens (tertiary/aromatic N) is 2. The molecule has 0 saturated carbocycles. The molecule has 34 heavy (non-hydrogen) atoms. The molecular weight excluding hydrogens is 442 g/mol. The molecule has 166 valence electrons. The van der Waals surface area contributed by atoms with Gasteiger partial charge in [0.15, 0.2) is 5.69 Å². The summed E-state index contributed by atoms with van der Waals surface area (Å²) in [7, 11) is 0. The molecule has 4 aromatic carbocycles. The number of benzene rings is 4. The number of amides is 1. The maximum absolute atomic E-state index is 13.0. The first kappa shape index (κ1) is 21.7. The Bertz CT molecular complexity index is 1420. The molecule has 5 aromatic rings. The van der Waals surface area contributed by atoms with Crippen molar-refractivity contribution in [2.45, 2.75) is 6.92 Å². The van der Waals surface area contributed by atoms with Crippen LogP contribution in [-0.2, 0) is 0 Å². The Morgan fingerprint density at radius 1 is 0.765 bits per heavy atom. The molecule has 0 bridgehead atoms. The molecular formula is C29H22ClN3O. The summed E-state index contributed by atoms with van der Waals surface area (Å²) in [6, 6.07) is 35.4. The average Bonchev–Trinajstić information content (AvgIpc) is 3.32. The summed E-state index contributed by atoms with van der Waals surface area (Å²) < 4.78 is 1.81. The van der Waals surface area contributed by atoms with Crippen LogP contribution in [0.5, 0.6) is 0 Å². The predicted octanol–water partition coefficient (Wildman–Crippen LogP) is 7.42. The van der Waals surface area contributed by atoms with Crippen molar-refractivity contribution < 1.29 is 4.79 Å². The minimum absolute atomic E-state index is 0.282. The standard InChI is InChI=1S/C29H22ClN3O/c1-20-7-17-26(18-8-20)33-28(23-11-9-22(10-12-23)21-5-3-2-4-6-21)19-27(32-33)29(34)31-25-15-13-24(30)14-16-25/h2-19H,1H3,(H,31,34).